The molecule has 2 fully saturated rings. The van der Waals surface area contributed by atoms with Gasteiger partial charge in [0.25, 0.3) is 0 Å². The van der Waals surface area contributed by atoms with Crippen LogP contribution in [0, 0.1) is 5.82 Å². The van der Waals surface area contributed by atoms with Gasteiger partial charge in [0.15, 0.2) is 0 Å². The lowest BCUT2D eigenvalue weighted by molar-refractivity contribution is -0.120. The van der Waals surface area contributed by atoms with Crippen molar-refractivity contribution in [2.75, 3.05) is 29.9 Å². The Morgan fingerprint density at radius 2 is 1.55 bits per heavy atom. The summed E-state index contributed by atoms with van der Waals surface area (Å²) in [6.07, 6.45) is 3.06. The smallest absolute Gasteiger partial charge is 0.410 e. The second-order valence-corrected chi connectivity index (χ2v) is 14.8. The highest BCUT2D eigenvalue weighted by molar-refractivity contribution is 5.97. The molecule has 3 heterocycles. The number of hydrogen-bond acceptors (Lipinski definition) is 6. The van der Waals surface area contributed by atoms with Crippen molar-refractivity contribution in [3.63, 3.8) is 0 Å². The van der Waals surface area contributed by atoms with Gasteiger partial charge in [-0.1, -0.05) is 66.7 Å². The van der Waals surface area contributed by atoms with Gasteiger partial charge >= 0.3 is 6.09 Å². The van der Waals surface area contributed by atoms with E-state index in [2.05, 4.69) is 63.0 Å². The summed E-state index contributed by atoms with van der Waals surface area (Å²) in [6.45, 7) is 2.86. The Hall–Kier alpha value is -6.00. The molecule has 0 saturated carbocycles. The van der Waals surface area contributed by atoms with Gasteiger partial charge in [0.2, 0.25) is 5.91 Å². The summed E-state index contributed by atoms with van der Waals surface area (Å²) in [5.41, 5.74) is 10.3. The number of H-pyrrole nitrogens is 1. The first-order valence-corrected chi connectivity index (χ1v) is 19.2. The number of ether oxygens (including phenoxy) is 1. The van der Waals surface area contributed by atoms with Crippen molar-refractivity contribution in [1.29, 1.82) is 0 Å². The number of imidazole rings is 1. The van der Waals surface area contributed by atoms with Crippen LogP contribution < -0.4 is 15.5 Å². The van der Waals surface area contributed by atoms with Gasteiger partial charge in [-0.25, -0.2) is 14.2 Å². The fraction of sp³-hybridized carbons (Fsp3) is 0.267. The molecule has 2 amide bonds. The summed E-state index contributed by atoms with van der Waals surface area (Å²) in [6, 6.07) is 36.8. The molecule has 0 radical (unpaired) electrons. The lowest BCUT2D eigenvalue weighted by Gasteiger charge is -2.26. The van der Waals surface area contributed by atoms with E-state index in [1.54, 1.807) is 17.0 Å². The molecule has 0 bridgehead atoms. The van der Waals surface area contributed by atoms with Gasteiger partial charge in [-0.3, -0.25) is 9.69 Å². The second kappa shape index (κ2) is 15.0. The van der Waals surface area contributed by atoms with E-state index in [0.717, 1.165) is 70.6 Å². The number of halogens is 1. The molecule has 55 heavy (non-hydrogen) atoms. The van der Waals surface area contributed by atoms with E-state index in [-0.39, 0.29) is 30.3 Å². The van der Waals surface area contributed by atoms with Gasteiger partial charge in [0.05, 0.1) is 17.1 Å². The maximum Gasteiger partial charge on any atom is 0.410 e. The molecular formula is C45H43FN6O3. The number of aromatic nitrogens is 2. The van der Waals surface area contributed by atoms with Crippen LogP contribution in [-0.2, 0) is 22.6 Å². The zero-order valence-corrected chi connectivity index (χ0v) is 30.5. The quantitative estimate of drug-likeness (QED) is 0.130. The van der Waals surface area contributed by atoms with Gasteiger partial charge in [0.1, 0.15) is 24.3 Å². The number of carbonyl (C=O) groups excluding carboxylic acids is 2. The van der Waals surface area contributed by atoms with Crippen molar-refractivity contribution in [3.05, 3.63) is 149 Å². The minimum Gasteiger partial charge on any atom is -0.448 e. The molecule has 6 aromatic rings. The van der Waals surface area contributed by atoms with Gasteiger partial charge in [0, 0.05) is 36.9 Å². The topological polar surface area (TPSA) is 103 Å². The molecule has 0 unspecified atom stereocenters. The van der Waals surface area contributed by atoms with Crippen LogP contribution >= 0.6 is 0 Å². The molecule has 9 rings (SSSR count). The molecule has 1 aromatic heterocycles. The fourth-order valence-corrected chi connectivity index (χ4v) is 8.44. The normalized spacial score (nSPS) is 17.7. The molecular weight excluding hydrogens is 692 g/mol. The standard InChI is InChI=1S/C45H43FN6O3/c46-31-16-20-33(21-17-31)51(27-30-15-22-39-41(25-30)50-43(49-39)40-11-5-23-47-40)26-29-13-18-32(19-14-29)48-44(53)42-12-6-24-52(42)45(54)55-28-38-36-9-3-1-7-34(36)35-8-2-4-10-37(35)38/h1-4,7-10,13-22,25,38,40,42,47H,5-6,11-12,23-24,26-28H2,(H,48,53)(H,49,50)/t40-,42+/m0/s1. The van der Waals surface area contributed by atoms with E-state index in [4.69, 9.17) is 9.72 Å². The number of hydrogen-bond donors (Lipinski definition) is 3. The van der Waals surface area contributed by atoms with E-state index in [1.807, 2.05) is 48.5 Å². The molecule has 9 nitrogen and oxygen atoms in total. The van der Waals surface area contributed by atoms with Crippen LogP contribution in [0.2, 0.25) is 0 Å². The molecule has 278 valence electrons. The van der Waals surface area contributed by atoms with Crippen molar-refractivity contribution in [3.8, 4) is 11.1 Å². The molecule has 5 aromatic carbocycles. The molecule has 10 heteroatoms. The molecule has 2 aliphatic heterocycles. The van der Waals surface area contributed by atoms with Crippen molar-refractivity contribution < 1.29 is 18.7 Å². The summed E-state index contributed by atoms with van der Waals surface area (Å²) in [7, 11) is 0. The lowest BCUT2D eigenvalue weighted by Crippen LogP contribution is -2.43. The van der Waals surface area contributed by atoms with Crippen LogP contribution in [0.4, 0.5) is 20.6 Å². The summed E-state index contributed by atoms with van der Waals surface area (Å²) in [5, 5.41) is 6.54. The van der Waals surface area contributed by atoms with E-state index < -0.39 is 12.1 Å². The van der Waals surface area contributed by atoms with Crippen molar-refractivity contribution in [2.24, 2.45) is 0 Å². The first-order chi connectivity index (χ1) is 27.0. The molecule has 2 saturated heterocycles. The average Bonchev–Trinajstić information content (AvgIpc) is 4.04. The Morgan fingerprint density at radius 1 is 0.836 bits per heavy atom. The van der Waals surface area contributed by atoms with Crippen molar-refractivity contribution in [2.45, 2.75) is 56.8 Å². The van der Waals surface area contributed by atoms with Crippen LogP contribution in [0.5, 0.6) is 0 Å². The number of benzene rings is 5. The predicted molar refractivity (Wildman–Crippen MR) is 212 cm³/mol. The lowest BCUT2D eigenvalue weighted by atomic mass is 9.98. The number of nitrogens with zero attached hydrogens (tertiary/aromatic N) is 3. The fourth-order valence-electron chi connectivity index (χ4n) is 8.44. The van der Waals surface area contributed by atoms with Crippen LogP contribution in [0.3, 0.4) is 0 Å². The number of anilines is 2. The zero-order chi connectivity index (χ0) is 37.3. The van der Waals surface area contributed by atoms with E-state index in [9.17, 15) is 14.0 Å². The first-order valence-electron chi connectivity index (χ1n) is 19.2. The van der Waals surface area contributed by atoms with E-state index in [0.29, 0.717) is 31.7 Å². The SMILES string of the molecule is O=C(Nc1ccc(CN(Cc2ccc3nc([C@@H]4CCCN4)[nH]c3c2)c2ccc(F)cc2)cc1)[C@H]1CCCN1C(=O)OCC1c2ccccc2-c2ccccc21. The van der Waals surface area contributed by atoms with Gasteiger partial charge in [-0.15, -0.1) is 0 Å². The number of carbonyl (C=O) groups is 2. The number of amides is 2. The van der Waals surface area contributed by atoms with Crippen LogP contribution in [0.15, 0.2) is 115 Å². The molecule has 0 spiro atoms. The Balaban J connectivity index is 0.846. The summed E-state index contributed by atoms with van der Waals surface area (Å²) in [4.78, 5) is 39.1. The second-order valence-electron chi connectivity index (χ2n) is 14.8. The van der Waals surface area contributed by atoms with Crippen molar-refractivity contribution in [1.82, 2.24) is 20.2 Å². The number of rotatable bonds is 10. The van der Waals surface area contributed by atoms with Gasteiger partial charge < -0.3 is 25.3 Å². The van der Waals surface area contributed by atoms with E-state index >= 15 is 0 Å². The number of likely N-dealkylation sites (tertiary alicyclic amines) is 1. The number of fused-ring (bicyclic) bond motifs is 4. The van der Waals surface area contributed by atoms with Crippen molar-refractivity contribution >= 4 is 34.4 Å². The highest BCUT2D eigenvalue weighted by Gasteiger charge is 2.36. The number of aromatic amines is 1. The maximum atomic E-state index is 13.9. The molecule has 3 N–H and O–H groups in total. The molecule has 2 atom stereocenters. The van der Waals surface area contributed by atoms with E-state index in [1.165, 1.54) is 23.3 Å². The van der Waals surface area contributed by atoms with Crippen LogP contribution in [0.25, 0.3) is 22.2 Å². The Morgan fingerprint density at radius 3 is 2.27 bits per heavy atom. The molecule has 3 aliphatic rings. The Bertz CT molecular complexity index is 2290. The maximum absolute atomic E-state index is 13.9. The highest BCUT2D eigenvalue weighted by Crippen LogP contribution is 2.44. The van der Waals surface area contributed by atoms with Crippen LogP contribution in [0.1, 0.15) is 65.7 Å². The van der Waals surface area contributed by atoms with Gasteiger partial charge in [-0.2, -0.15) is 0 Å². The third kappa shape index (κ3) is 7.17. The first kappa shape index (κ1) is 34.7. The minimum absolute atomic E-state index is 0.0454. The summed E-state index contributed by atoms with van der Waals surface area (Å²) >= 11 is 0. The Labute approximate surface area is 319 Å². The Kier molecular flexibility index (Phi) is 9.49. The summed E-state index contributed by atoms with van der Waals surface area (Å²) < 4.78 is 19.8. The predicted octanol–water partition coefficient (Wildman–Crippen LogP) is 8.69. The number of nitrogens with one attached hydrogen (secondary N) is 3. The zero-order valence-electron chi connectivity index (χ0n) is 30.5. The highest BCUT2D eigenvalue weighted by atomic mass is 19.1. The average molecular weight is 735 g/mol. The third-order valence-corrected chi connectivity index (χ3v) is 11.2. The summed E-state index contributed by atoms with van der Waals surface area (Å²) in [5.74, 6) is 0.420. The third-order valence-electron chi connectivity index (χ3n) is 11.2. The monoisotopic (exact) mass is 734 g/mol. The molecule has 1 aliphatic carbocycles. The minimum atomic E-state index is -0.609. The largest absolute Gasteiger partial charge is 0.448 e. The van der Waals surface area contributed by atoms with Gasteiger partial charge in [-0.05, 0) is 114 Å². The van der Waals surface area contributed by atoms with Crippen LogP contribution in [-0.4, -0.2) is 52.6 Å².